The van der Waals surface area contributed by atoms with Crippen LogP contribution in [0.4, 0.5) is 4.39 Å². The van der Waals surface area contributed by atoms with E-state index in [0.29, 0.717) is 42.9 Å². The molecule has 1 aliphatic carbocycles. The number of guanidine groups is 1. The number of halogens is 2. The van der Waals surface area contributed by atoms with Gasteiger partial charge in [-0.2, -0.15) is 0 Å². The Kier molecular flexibility index (Phi) is 9.96. The number of aromatic nitrogens is 1. The molecule has 0 radical (unpaired) electrons. The highest BCUT2D eigenvalue weighted by molar-refractivity contribution is 14.0. The molecule has 1 amide bonds. The van der Waals surface area contributed by atoms with Crippen molar-refractivity contribution in [2.24, 2.45) is 10.9 Å². The number of hydrogen-bond donors (Lipinski definition) is 3. The molecule has 7 nitrogen and oxygen atoms in total. The van der Waals surface area contributed by atoms with Gasteiger partial charge in [-0.25, -0.2) is 4.39 Å². The van der Waals surface area contributed by atoms with Crippen LogP contribution in [0, 0.1) is 11.7 Å². The van der Waals surface area contributed by atoms with E-state index in [-0.39, 0.29) is 41.7 Å². The summed E-state index contributed by atoms with van der Waals surface area (Å²) in [5.74, 6) is 0.897. The van der Waals surface area contributed by atoms with Crippen molar-refractivity contribution in [3.63, 3.8) is 0 Å². The van der Waals surface area contributed by atoms with E-state index in [2.05, 4.69) is 25.9 Å². The highest BCUT2D eigenvalue weighted by atomic mass is 127. The van der Waals surface area contributed by atoms with Gasteiger partial charge >= 0.3 is 0 Å². The molecule has 1 aromatic heterocycles. The Balaban J connectivity index is 0.00000341. The summed E-state index contributed by atoms with van der Waals surface area (Å²) in [4.78, 5) is 20.1. The fraction of sp³-hybridized carbons (Fsp3) is 0.409. The van der Waals surface area contributed by atoms with Crippen molar-refractivity contribution in [1.82, 2.24) is 20.9 Å². The minimum atomic E-state index is -0.358. The van der Waals surface area contributed by atoms with Gasteiger partial charge in [-0.15, -0.1) is 24.0 Å². The molecule has 0 spiro atoms. The van der Waals surface area contributed by atoms with Crippen LogP contribution in [0.5, 0.6) is 5.75 Å². The molecule has 9 heteroatoms. The number of ether oxygens (including phenoxy) is 1. The fourth-order valence-electron chi connectivity index (χ4n) is 2.83. The molecule has 1 aliphatic rings. The first-order valence-electron chi connectivity index (χ1n) is 10.1. The normalized spacial score (nSPS) is 14.2. The largest absolute Gasteiger partial charge is 0.490 e. The van der Waals surface area contributed by atoms with Gasteiger partial charge in [0.15, 0.2) is 17.5 Å². The van der Waals surface area contributed by atoms with E-state index in [1.54, 1.807) is 31.4 Å². The first-order valence-corrected chi connectivity index (χ1v) is 10.1. The summed E-state index contributed by atoms with van der Waals surface area (Å²) in [6, 6.07) is 8.28. The van der Waals surface area contributed by atoms with Gasteiger partial charge in [0.2, 0.25) is 0 Å². The third kappa shape index (κ3) is 7.97. The molecule has 168 valence electrons. The predicted octanol–water partition coefficient (Wildman–Crippen LogP) is 3.28. The van der Waals surface area contributed by atoms with Crippen LogP contribution in [-0.4, -0.2) is 43.6 Å². The van der Waals surface area contributed by atoms with E-state index in [0.717, 1.165) is 5.56 Å². The fourth-order valence-corrected chi connectivity index (χ4v) is 2.83. The number of nitrogens with zero attached hydrogens (tertiary/aromatic N) is 2. The number of hydrogen-bond acceptors (Lipinski definition) is 4. The number of aliphatic imine (C=N–C) groups is 1. The number of benzene rings is 1. The van der Waals surface area contributed by atoms with E-state index in [1.807, 2.05) is 13.0 Å². The maximum absolute atomic E-state index is 14.3. The molecule has 31 heavy (non-hydrogen) atoms. The summed E-state index contributed by atoms with van der Waals surface area (Å²) in [5.41, 5.74) is 1.30. The van der Waals surface area contributed by atoms with E-state index < -0.39 is 0 Å². The standard InChI is InChI=1S/C22H28FN5O2.HI/c1-15(17-7-8-20(19(23)12-17)30-14-16-5-6-16)28-22(24-2)27-11-10-26-21(29)18-4-3-9-25-13-18;/h3-4,7-9,12-13,15-16H,5-6,10-11,14H2,1-2H3,(H,26,29)(H2,24,27,28);1H. The third-order valence-corrected chi connectivity index (χ3v) is 4.83. The Morgan fingerprint density at radius 3 is 2.71 bits per heavy atom. The van der Waals surface area contributed by atoms with Gasteiger partial charge in [-0.1, -0.05) is 6.07 Å². The second kappa shape index (κ2) is 12.4. The van der Waals surface area contributed by atoms with Gasteiger partial charge in [-0.3, -0.25) is 14.8 Å². The Bertz CT molecular complexity index is 877. The van der Waals surface area contributed by atoms with E-state index in [4.69, 9.17) is 4.74 Å². The summed E-state index contributed by atoms with van der Waals surface area (Å²) in [5, 5.41) is 9.16. The van der Waals surface area contributed by atoms with Gasteiger partial charge in [0.05, 0.1) is 18.2 Å². The van der Waals surface area contributed by atoms with Crippen LogP contribution in [0.25, 0.3) is 0 Å². The SMILES string of the molecule is CN=C(NCCNC(=O)c1cccnc1)NC(C)c1ccc(OCC2CC2)c(F)c1.I. The highest BCUT2D eigenvalue weighted by Gasteiger charge is 2.22. The molecule has 2 aromatic rings. The Hall–Kier alpha value is -2.43. The average Bonchev–Trinajstić information content (AvgIpc) is 3.59. The molecular weight excluding hydrogens is 512 g/mol. The number of amides is 1. The molecular formula is C22H29FIN5O2. The maximum atomic E-state index is 14.3. The van der Waals surface area contributed by atoms with Gasteiger partial charge < -0.3 is 20.7 Å². The van der Waals surface area contributed by atoms with Crippen LogP contribution in [0.3, 0.4) is 0 Å². The first-order chi connectivity index (χ1) is 14.6. The zero-order valence-corrected chi connectivity index (χ0v) is 20.1. The van der Waals surface area contributed by atoms with Crippen LogP contribution in [0.2, 0.25) is 0 Å². The summed E-state index contributed by atoms with van der Waals surface area (Å²) in [6.45, 7) is 3.42. The lowest BCUT2D eigenvalue weighted by atomic mass is 10.1. The molecule has 1 atom stereocenters. The lowest BCUT2D eigenvalue weighted by Crippen LogP contribution is -2.42. The van der Waals surface area contributed by atoms with Crippen LogP contribution >= 0.6 is 24.0 Å². The minimum Gasteiger partial charge on any atom is -0.490 e. The molecule has 0 aliphatic heterocycles. The Labute approximate surface area is 199 Å². The summed E-state index contributed by atoms with van der Waals surface area (Å²) < 4.78 is 19.9. The summed E-state index contributed by atoms with van der Waals surface area (Å²) in [6.07, 6.45) is 5.47. The maximum Gasteiger partial charge on any atom is 0.252 e. The van der Waals surface area contributed by atoms with E-state index in [1.165, 1.54) is 25.1 Å². The van der Waals surface area contributed by atoms with Gasteiger partial charge in [0, 0.05) is 32.5 Å². The molecule has 1 unspecified atom stereocenters. The smallest absolute Gasteiger partial charge is 0.252 e. The van der Waals surface area contributed by atoms with Gasteiger partial charge in [-0.05, 0) is 55.5 Å². The average molecular weight is 541 g/mol. The number of nitrogens with one attached hydrogen (secondary N) is 3. The molecule has 3 rings (SSSR count). The monoisotopic (exact) mass is 541 g/mol. The number of pyridine rings is 1. The molecule has 1 heterocycles. The second-order valence-electron chi connectivity index (χ2n) is 7.31. The van der Waals surface area contributed by atoms with Crippen molar-refractivity contribution in [3.05, 3.63) is 59.7 Å². The van der Waals surface area contributed by atoms with Gasteiger partial charge in [0.1, 0.15) is 0 Å². The number of rotatable bonds is 9. The number of carbonyl (C=O) groups is 1. The van der Waals surface area contributed by atoms with Crippen LogP contribution in [0.1, 0.15) is 41.7 Å². The first kappa shape index (κ1) is 24.8. The zero-order chi connectivity index (χ0) is 21.3. The molecule has 1 saturated carbocycles. The topological polar surface area (TPSA) is 87.6 Å². The summed E-state index contributed by atoms with van der Waals surface area (Å²) >= 11 is 0. The molecule has 0 saturated heterocycles. The lowest BCUT2D eigenvalue weighted by molar-refractivity contribution is 0.0954. The van der Waals surface area contributed by atoms with Crippen molar-refractivity contribution >= 4 is 35.8 Å². The highest BCUT2D eigenvalue weighted by Crippen LogP contribution is 2.30. The van der Waals surface area contributed by atoms with Crippen molar-refractivity contribution in [2.75, 3.05) is 26.7 Å². The van der Waals surface area contributed by atoms with Crippen molar-refractivity contribution in [3.8, 4) is 5.75 Å². The molecule has 1 fully saturated rings. The predicted molar refractivity (Wildman–Crippen MR) is 130 cm³/mol. The number of carbonyl (C=O) groups excluding carboxylic acids is 1. The third-order valence-electron chi connectivity index (χ3n) is 4.83. The molecule has 1 aromatic carbocycles. The van der Waals surface area contributed by atoms with E-state index >= 15 is 0 Å². The summed E-state index contributed by atoms with van der Waals surface area (Å²) in [7, 11) is 1.66. The second-order valence-corrected chi connectivity index (χ2v) is 7.31. The Morgan fingerprint density at radius 1 is 1.29 bits per heavy atom. The van der Waals surface area contributed by atoms with Crippen LogP contribution in [-0.2, 0) is 0 Å². The van der Waals surface area contributed by atoms with Crippen LogP contribution < -0.4 is 20.7 Å². The van der Waals surface area contributed by atoms with Crippen LogP contribution in [0.15, 0.2) is 47.7 Å². The Morgan fingerprint density at radius 2 is 2.06 bits per heavy atom. The van der Waals surface area contributed by atoms with Crippen molar-refractivity contribution in [1.29, 1.82) is 0 Å². The van der Waals surface area contributed by atoms with Crippen molar-refractivity contribution in [2.45, 2.75) is 25.8 Å². The van der Waals surface area contributed by atoms with Gasteiger partial charge in [0.25, 0.3) is 5.91 Å². The quantitative estimate of drug-likeness (QED) is 0.196. The zero-order valence-electron chi connectivity index (χ0n) is 17.7. The lowest BCUT2D eigenvalue weighted by Gasteiger charge is -2.19. The molecule has 3 N–H and O–H groups in total. The van der Waals surface area contributed by atoms with Crippen molar-refractivity contribution < 1.29 is 13.9 Å². The van der Waals surface area contributed by atoms with E-state index in [9.17, 15) is 9.18 Å². The molecule has 0 bridgehead atoms. The minimum absolute atomic E-state index is 0.